The average molecular weight is 558 g/mol. The number of hydrogen-bond donors (Lipinski definition) is 3. The molecule has 8 nitrogen and oxygen atoms in total. The Morgan fingerprint density at radius 2 is 1.93 bits per heavy atom. The Balaban J connectivity index is 1.65. The number of esters is 1. The van der Waals surface area contributed by atoms with Gasteiger partial charge in [-0.25, -0.2) is 0 Å². The first-order valence-electron chi connectivity index (χ1n) is 14.6. The molecule has 0 heterocycles. The Bertz CT molecular complexity index is 1020. The number of hydrogen-bond acceptors (Lipinski definition) is 7. The fourth-order valence-corrected chi connectivity index (χ4v) is 5.68. The van der Waals surface area contributed by atoms with Crippen LogP contribution in [0.15, 0.2) is 48.1 Å². The highest BCUT2D eigenvalue weighted by Crippen LogP contribution is 2.44. The molecule has 222 valence electrons. The molecular formula is C32H47NO7. The monoisotopic (exact) mass is 557 g/mol. The van der Waals surface area contributed by atoms with E-state index in [1.165, 1.54) is 0 Å². The van der Waals surface area contributed by atoms with Gasteiger partial charge in [-0.2, -0.15) is 0 Å². The smallest absolute Gasteiger partial charge is 0.308 e. The zero-order chi connectivity index (χ0) is 29.2. The van der Waals surface area contributed by atoms with Crippen molar-refractivity contribution in [2.45, 2.75) is 90.3 Å². The third-order valence-corrected chi connectivity index (χ3v) is 8.36. The summed E-state index contributed by atoms with van der Waals surface area (Å²) in [4.78, 5) is 24.8. The standard InChI is InChI=1S/C32H47NO7/c1-6-20(2)32(37)40-29-17-25(35)15-23-10-7-21(3)28(31(23)29)14-11-24(34)16-27(18-30(36)33-4)39-19-22-8-12-26(38-5)13-9-22/h7-10,12-13,15,20-21,24-25,27-29,31,34-35H,6,11,14,16-19H2,1-5H3,(H,33,36)/t20?,21-,24+,25+,27+,28-,29-,31-/m0/s1. The van der Waals surface area contributed by atoms with Crippen LogP contribution in [-0.4, -0.2) is 60.7 Å². The van der Waals surface area contributed by atoms with E-state index in [0.717, 1.165) is 16.9 Å². The van der Waals surface area contributed by atoms with Crippen LogP contribution in [-0.2, 0) is 25.7 Å². The van der Waals surface area contributed by atoms with Crippen molar-refractivity contribution in [1.29, 1.82) is 0 Å². The van der Waals surface area contributed by atoms with Gasteiger partial charge in [0.05, 0.1) is 44.4 Å². The summed E-state index contributed by atoms with van der Waals surface area (Å²) < 4.78 is 17.3. The molecule has 8 atom stereocenters. The number of nitrogens with one attached hydrogen (secondary N) is 1. The first-order chi connectivity index (χ1) is 19.1. The summed E-state index contributed by atoms with van der Waals surface area (Å²) >= 11 is 0. The molecule has 0 radical (unpaired) electrons. The lowest BCUT2D eigenvalue weighted by molar-refractivity contribution is -0.159. The third-order valence-electron chi connectivity index (χ3n) is 8.36. The molecule has 0 aromatic heterocycles. The van der Waals surface area contributed by atoms with Crippen molar-refractivity contribution < 1.29 is 34.0 Å². The Hall–Kier alpha value is -2.68. The zero-order valence-corrected chi connectivity index (χ0v) is 24.5. The molecule has 0 fully saturated rings. The van der Waals surface area contributed by atoms with Gasteiger partial charge in [-0.1, -0.05) is 51.1 Å². The number of allylic oxidation sites excluding steroid dienone is 2. The maximum atomic E-state index is 12.7. The van der Waals surface area contributed by atoms with E-state index in [9.17, 15) is 19.8 Å². The van der Waals surface area contributed by atoms with Gasteiger partial charge < -0.3 is 29.7 Å². The van der Waals surface area contributed by atoms with Crippen molar-refractivity contribution >= 4 is 11.9 Å². The number of methoxy groups -OCH3 is 1. The lowest BCUT2D eigenvalue weighted by atomic mass is 9.66. The molecule has 40 heavy (non-hydrogen) atoms. The molecule has 0 saturated heterocycles. The van der Waals surface area contributed by atoms with Crippen molar-refractivity contribution in [2.24, 2.45) is 23.7 Å². The molecule has 1 unspecified atom stereocenters. The Morgan fingerprint density at radius 3 is 2.58 bits per heavy atom. The van der Waals surface area contributed by atoms with Crippen LogP contribution in [0.25, 0.3) is 0 Å². The summed E-state index contributed by atoms with van der Waals surface area (Å²) in [6.07, 6.45) is 6.70. The van der Waals surface area contributed by atoms with Crippen LogP contribution < -0.4 is 10.1 Å². The second-order valence-corrected chi connectivity index (χ2v) is 11.3. The normalized spacial score (nSPS) is 26.2. The second-order valence-electron chi connectivity index (χ2n) is 11.3. The molecule has 0 spiro atoms. The first kappa shape index (κ1) is 31.8. The fourth-order valence-electron chi connectivity index (χ4n) is 5.68. The molecule has 2 aliphatic carbocycles. The number of ether oxygens (including phenoxy) is 3. The lowest BCUT2D eigenvalue weighted by Crippen LogP contribution is -2.43. The van der Waals surface area contributed by atoms with E-state index in [-0.39, 0.29) is 42.0 Å². The maximum Gasteiger partial charge on any atom is 0.308 e. The number of aliphatic hydroxyl groups excluding tert-OH is 2. The summed E-state index contributed by atoms with van der Waals surface area (Å²) in [6, 6.07) is 7.56. The predicted octanol–water partition coefficient (Wildman–Crippen LogP) is 4.33. The van der Waals surface area contributed by atoms with Crippen molar-refractivity contribution in [3.05, 3.63) is 53.6 Å². The largest absolute Gasteiger partial charge is 0.497 e. The fraction of sp³-hybridized carbons (Fsp3) is 0.625. The summed E-state index contributed by atoms with van der Waals surface area (Å²) in [5, 5.41) is 24.2. The van der Waals surface area contributed by atoms with E-state index < -0.39 is 24.4 Å². The van der Waals surface area contributed by atoms with Crippen LogP contribution in [0.2, 0.25) is 0 Å². The highest BCUT2D eigenvalue weighted by molar-refractivity contribution is 5.76. The molecule has 3 N–H and O–H groups in total. The van der Waals surface area contributed by atoms with Gasteiger partial charge in [0.25, 0.3) is 0 Å². The minimum absolute atomic E-state index is 0.0309. The summed E-state index contributed by atoms with van der Waals surface area (Å²) in [7, 11) is 3.21. The van der Waals surface area contributed by atoms with Crippen LogP contribution >= 0.6 is 0 Å². The molecule has 8 heteroatoms. The minimum Gasteiger partial charge on any atom is -0.497 e. The Morgan fingerprint density at radius 1 is 1.20 bits per heavy atom. The average Bonchev–Trinajstić information content (AvgIpc) is 2.95. The van der Waals surface area contributed by atoms with Crippen LogP contribution in [0.5, 0.6) is 5.75 Å². The molecule has 1 aromatic carbocycles. The van der Waals surface area contributed by atoms with E-state index >= 15 is 0 Å². The topological polar surface area (TPSA) is 114 Å². The Kier molecular flexibility index (Phi) is 12.2. The quantitative estimate of drug-likeness (QED) is 0.292. The van der Waals surface area contributed by atoms with Crippen molar-refractivity contribution in [1.82, 2.24) is 5.32 Å². The van der Waals surface area contributed by atoms with Crippen molar-refractivity contribution in [3.63, 3.8) is 0 Å². The summed E-state index contributed by atoms with van der Waals surface area (Å²) in [5.41, 5.74) is 1.95. The van der Waals surface area contributed by atoms with E-state index in [2.05, 4.69) is 18.3 Å². The van der Waals surface area contributed by atoms with Crippen molar-refractivity contribution in [2.75, 3.05) is 14.2 Å². The number of rotatable bonds is 14. The number of amides is 1. The number of carbonyl (C=O) groups excluding carboxylic acids is 2. The van der Waals surface area contributed by atoms with Crippen LogP contribution in [0.3, 0.4) is 0 Å². The zero-order valence-electron chi connectivity index (χ0n) is 24.5. The highest BCUT2D eigenvalue weighted by Gasteiger charge is 2.42. The summed E-state index contributed by atoms with van der Waals surface area (Å²) in [5.74, 6) is 0.533. The number of fused-ring (bicyclic) bond motifs is 1. The lowest BCUT2D eigenvalue weighted by Gasteiger charge is -2.43. The SMILES string of the molecule is CCC(C)C(=O)O[C@H]1C[C@H](O)C=C2C=C[C@H](C)[C@H](CC[C@@H](O)C[C@H](CC(=O)NC)OCc3ccc(OC)cc3)[C@H]21. The first-order valence-corrected chi connectivity index (χ1v) is 14.6. The maximum absolute atomic E-state index is 12.7. The predicted molar refractivity (Wildman–Crippen MR) is 153 cm³/mol. The molecule has 0 aliphatic heterocycles. The molecule has 0 bridgehead atoms. The van der Waals surface area contributed by atoms with Crippen LogP contribution in [0.4, 0.5) is 0 Å². The van der Waals surface area contributed by atoms with Crippen LogP contribution in [0.1, 0.15) is 64.9 Å². The summed E-state index contributed by atoms with van der Waals surface area (Å²) in [6.45, 7) is 6.29. The van der Waals surface area contributed by atoms with Gasteiger partial charge in [0, 0.05) is 25.8 Å². The number of benzene rings is 1. The molecule has 3 rings (SSSR count). The van der Waals surface area contributed by atoms with Gasteiger partial charge >= 0.3 is 5.97 Å². The van der Waals surface area contributed by atoms with E-state index in [1.54, 1.807) is 14.2 Å². The van der Waals surface area contributed by atoms with Gasteiger partial charge in [0.2, 0.25) is 5.91 Å². The van der Waals surface area contributed by atoms with Crippen molar-refractivity contribution in [3.8, 4) is 5.75 Å². The Labute approximate surface area is 238 Å². The van der Waals surface area contributed by atoms with E-state index in [4.69, 9.17) is 14.2 Å². The number of carbonyl (C=O) groups is 2. The molecule has 1 aromatic rings. The van der Waals surface area contributed by atoms with Gasteiger partial charge in [0.15, 0.2) is 0 Å². The second kappa shape index (κ2) is 15.4. The molecule has 2 aliphatic rings. The van der Waals surface area contributed by atoms with Gasteiger partial charge in [-0.15, -0.1) is 0 Å². The van der Waals surface area contributed by atoms with Gasteiger partial charge in [0.1, 0.15) is 11.9 Å². The van der Waals surface area contributed by atoms with E-state index in [0.29, 0.717) is 38.7 Å². The minimum atomic E-state index is -0.661. The molecule has 0 saturated carbocycles. The third kappa shape index (κ3) is 8.91. The van der Waals surface area contributed by atoms with Crippen LogP contribution in [0, 0.1) is 23.7 Å². The molecular weight excluding hydrogens is 510 g/mol. The number of aliphatic hydroxyl groups is 2. The van der Waals surface area contributed by atoms with E-state index in [1.807, 2.05) is 50.3 Å². The highest BCUT2D eigenvalue weighted by atomic mass is 16.5. The molecule has 1 amide bonds. The van der Waals surface area contributed by atoms with Gasteiger partial charge in [-0.05, 0) is 54.4 Å². The van der Waals surface area contributed by atoms with Gasteiger partial charge in [-0.3, -0.25) is 9.59 Å².